The molecule has 1 aromatic heterocycles. The van der Waals surface area contributed by atoms with Crippen LogP contribution in [0.5, 0.6) is 0 Å². The molecule has 0 amide bonds. The summed E-state index contributed by atoms with van der Waals surface area (Å²) >= 11 is 0. The Morgan fingerprint density at radius 2 is 2.71 bits per heavy atom. The van der Waals surface area contributed by atoms with Crippen molar-refractivity contribution in [2.75, 3.05) is 0 Å². The quantitative estimate of drug-likeness (QED) is 0.516. The van der Waals surface area contributed by atoms with Gasteiger partial charge in [0.05, 0.1) is 0 Å². The first-order chi connectivity index (χ1) is 3.43. The molecular weight excluding hydrogens is 111 g/mol. The van der Waals surface area contributed by atoms with Gasteiger partial charge in [0.25, 0.3) is 0 Å². The number of nitrogens with zero attached hydrogens (tertiary/aromatic N) is 1. The average Bonchev–Trinajstić information content (AvgIpc) is 2.14. The molecule has 1 heterocycles. The molecule has 1 N–H and O–H groups in total. The van der Waals surface area contributed by atoms with E-state index in [0.717, 1.165) is 0 Å². The van der Waals surface area contributed by atoms with Crippen molar-refractivity contribution in [1.82, 2.24) is 9.97 Å². The summed E-state index contributed by atoms with van der Waals surface area (Å²) < 4.78 is 9.98. The van der Waals surface area contributed by atoms with Crippen molar-refractivity contribution in [3.8, 4) is 0 Å². The topological polar surface area (TPSA) is 45.8 Å². The average molecular weight is 116 g/mol. The van der Waals surface area contributed by atoms with Crippen LogP contribution in [0.4, 0.5) is 0 Å². The second-order valence-electron chi connectivity index (χ2n) is 1.09. The first-order valence-electron chi connectivity index (χ1n) is 1.88. The molecule has 1 aromatic rings. The summed E-state index contributed by atoms with van der Waals surface area (Å²) in [5.74, 6) is 0. The van der Waals surface area contributed by atoms with Gasteiger partial charge in [-0.2, -0.15) is 0 Å². The van der Waals surface area contributed by atoms with Gasteiger partial charge in [0, 0.05) is 12.4 Å². The van der Waals surface area contributed by atoms with Gasteiger partial charge >= 0.3 is 0 Å². The highest BCUT2D eigenvalue weighted by Gasteiger charge is 1.81. The predicted molar refractivity (Wildman–Crippen MR) is 28.6 cm³/mol. The van der Waals surface area contributed by atoms with Crippen LogP contribution in [0.25, 0.3) is 0 Å². The van der Waals surface area contributed by atoms with Gasteiger partial charge in [-0.1, -0.05) is 0 Å². The van der Waals surface area contributed by atoms with Gasteiger partial charge in [-0.05, 0) is 0 Å². The van der Waals surface area contributed by atoms with E-state index in [-0.39, 0.29) is 0 Å². The maximum absolute atomic E-state index is 9.98. The second-order valence-corrected chi connectivity index (χ2v) is 1.87. The molecule has 0 spiro atoms. The molecule has 0 aliphatic heterocycles. The Hall–Kier alpha value is -0.560. The summed E-state index contributed by atoms with van der Waals surface area (Å²) in [4.78, 5) is 6.40. The molecule has 1 rings (SSSR count). The van der Waals surface area contributed by atoms with E-state index in [1.165, 1.54) is 0 Å². The Labute approximate surface area is 42.0 Å². The Morgan fingerprint density at radius 1 is 1.86 bits per heavy atom. The van der Waals surface area contributed by atoms with Crippen molar-refractivity contribution in [2.45, 2.75) is 0 Å². The summed E-state index contributed by atoms with van der Waals surface area (Å²) in [5.41, 5.74) is 0.583. The molecule has 1 atom stereocenters. The molecule has 0 aliphatic carbocycles. The van der Waals surface area contributed by atoms with Gasteiger partial charge in [0.15, 0.2) is 5.57 Å². The lowest BCUT2D eigenvalue weighted by Gasteiger charge is -1.69. The van der Waals surface area contributed by atoms with Crippen LogP contribution in [0.1, 0.15) is 0 Å². The number of nitrogens with one attached hydrogen (secondary N) is 1. The minimum atomic E-state index is -0.873. The number of imidazole rings is 1. The van der Waals surface area contributed by atoms with Gasteiger partial charge in [0.1, 0.15) is 8.46 Å². The highest BCUT2D eigenvalue weighted by atomic mass is 31.1. The van der Waals surface area contributed by atoms with Gasteiger partial charge < -0.3 is 9.55 Å². The zero-order chi connectivity index (χ0) is 5.11. The normalized spacial score (nSPS) is 10.9. The summed E-state index contributed by atoms with van der Waals surface area (Å²) in [5, 5.41) is 0. The molecule has 0 saturated heterocycles. The molecule has 0 saturated carbocycles. The fourth-order valence-corrected chi connectivity index (χ4v) is 0.653. The molecule has 38 valence electrons. The summed E-state index contributed by atoms with van der Waals surface area (Å²) in [7, 11) is -0.873. The second kappa shape index (κ2) is 1.94. The highest BCUT2D eigenvalue weighted by molar-refractivity contribution is 7.33. The van der Waals surface area contributed by atoms with Crippen molar-refractivity contribution in [2.24, 2.45) is 0 Å². The van der Waals surface area contributed by atoms with Crippen molar-refractivity contribution in [3.63, 3.8) is 0 Å². The molecule has 1 unspecified atom stereocenters. The van der Waals surface area contributed by atoms with E-state index in [9.17, 15) is 4.57 Å². The minimum Gasteiger partial charge on any atom is -0.343 e. The third-order valence-corrected chi connectivity index (χ3v) is 1.17. The van der Waals surface area contributed by atoms with Crippen molar-refractivity contribution >= 4 is 14.0 Å². The molecule has 0 radical (unpaired) electrons. The number of aromatic amines is 1. The maximum atomic E-state index is 9.98. The zero-order valence-electron chi connectivity index (χ0n) is 3.59. The number of hydrogen-bond donors (Lipinski definition) is 1. The van der Waals surface area contributed by atoms with Crippen LogP contribution in [-0.4, -0.2) is 9.97 Å². The molecular formula is C3H5N2OP. The van der Waals surface area contributed by atoms with E-state index >= 15 is 0 Å². The third kappa shape index (κ3) is 0.904. The summed E-state index contributed by atoms with van der Waals surface area (Å²) in [6.45, 7) is 0. The fourth-order valence-electron chi connectivity index (χ4n) is 0.342. The van der Waals surface area contributed by atoms with E-state index in [4.69, 9.17) is 0 Å². The van der Waals surface area contributed by atoms with Gasteiger partial charge in [-0.25, -0.2) is 4.98 Å². The molecule has 0 aromatic carbocycles. The van der Waals surface area contributed by atoms with Crippen LogP contribution in [0.15, 0.2) is 12.4 Å². The van der Waals surface area contributed by atoms with E-state index < -0.39 is 8.46 Å². The number of aromatic nitrogens is 2. The van der Waals surface area contributed by atoms with Crippen LogP contribution < -0.4 is 5.57 Å². The lowest BCUT2D eigenvalue weighted by molar-refractivity contribution is 0.602. The Bertz CT molecular complexity index is 148. The number of hydrogen-bond acceptors (Lipinski definition) is 2. The van der Waals surface area contributed by atoms with E-state index in [1.807, 2.05) is 0 Å². The standard InChI is InChI=1S/C3H5N2OP/c6-7-3-4-1-2-5-3/h1-2H,7H2,(H,4,5). The van der Waals surface area contributed by atoms with Crippen molar-refractivity contribution in [1.29, 1.82) is 0 Å². The molecule has 0 aliphatic rings. The third-order valence-electron chi connectivity index (χ3n) is 0.631. The van der Waals surface area contributed by atoms with Crippen LogP contribution in [0, 0.1) is 0 Å². The maximum Gasteiger partial charge on any atom is 0.161 e. The van der Waals surface area contributed by atoms with Gasteiger partial charge in [-0.3, -0.25) is 0 Å². The van der Waals surface area contributed by atoms with Gasteiger partial charge in [-0.15, -0.1) is 0 Å². The van der Waals surface area contributed by atoms with E-state index in [1.54, 1.807) is 12.4 Å². The molecule has 7 heavy (non-hydrogen) atoms. The summed E-state index contributed by atoms with van der Waals surface area (Å²) in [6, 6.07) is 0. The fraction of sp³-hybridized carbons (Fsp3) is 0. The van der Waals surface area contributed by atoms with Crippen molar-refractivity contribution < 1.29 is 4.57 Å². The highest BCUT2D eigenvalue weighted by Crippen LogP contribution is 1.83. The molecule has 4 heteroatoms. The van der Waals surface area contributed by atoms with E-state index in [2.05, 4.69) is 9.97 Å². The minimum absolute atomic E-state index is 0.583. The smallest absolute Gasteiger partial charge is 0.161 e. The largest absolute Gasteiger partial charge is 0.343 e. The van der Waals surface area contributed by atoms with Crippen LogP contribution in [0.2, 0.25) is 0 Å². The lowest BCUT2D eigenvalue weighted by atomic mass is 11.0. The Balaban J connectivity index is 2.96. The van der Waals surface area contributed by atoms with Crippen LogP contribution in [0.3, 0.4) is 0 Å². The first-order valence-corrected chi connectivity index (χ1v) is 2.93. The Kier molecular flexibility index (Phi) is 1.27. The Morgan fingerprint density at radius 3 is 3.00 bits per heavy atom. The molecule has 3 nitrogen and oxygen atoms in total. The zero-order valence-corrected chi connectivity index (χ0v) is 4.74. The van der Waals surface area contributed by atoms with Crippen LogP contribution in [-0.2, 0) is 4.57 Å². The van der Waals surface area contributed by atoms with E-state index in [0.29, 0.717) is 5.57 Å². The number of rotatable bonds is 1. The molecule has 0 fully saturated rings. The predicted octanol–water partition coefficient (Wildman–Crippen LogP) is -0.209. The number of H-pyrrole nitrogens is 1. The first kappa shape index (κ1) is 4.60. The molecule has 0 bridgehead atoms. The van der Waals surface area contributed by atoms with Crippen LogP contribution >= 0.6 is 8.46 Å². The van der Waals surface area contributed by atoms with Crippen molar-refractivity contribution in [3.05, 3.63) is 12.4 Å². The monoisotopic (exact) mass is 116 g/mol. The van der Waals surface area contributed by atoms with Gasteiger partial charge in [0.2, 0.25) is 0 Å². The summed E-state index contributed by atoms with van der Waals surface area (Å²) in [6.07, 6.45) is 3.24. The SMILES string of the molecule is O=[PH2]c1ncc[nH]1. The lowest BCUT2D eigenvalue weighted by Crippen LogP contribution is -1.92.